The molecule has 3 rings (SSSR count). The zero-order chi connectivity index (χ0) is 12.4. The minimum absolute atomic E-state index is 0.720. The number of nitrogens with one attached hydrogen (secondary N) is 1. The Labute approximate surface area is 114 Å². The smallest absolute Gasteiger partial charge is 0.0897 e. The number of hydrogen-bond acceptors (Lipinski definition) is 4. The summed E-state index contributed by atoms with van der Waals surface area (Å²) in [6, 6.07) is 0.720. The Kier molecular flexibility index (Phi) is 3.97. The van der Waals surface area contributed by atoms with Crippen LogP contribution >= 0.6 is 11.3 Å². The lowest BCUT2D eigenvalue weighted by atomic mass is 10.2. The summed E-state index contributed by atoms with van der Waals surface area (Å²) < 4.78 is 0. The summed E-state index contributed by atoms with van der Waals surface area (Å²) in [5.74, 6) is 0.973. The van der Waals surface area contributed by atoms with Crippen molar-refractivity contribution in [2.24, 2.45) is 5.92 Å². The second-order valence-electron chi connectivity index (χ2n) is 5.78. The Morgan fingerprint density at radius 1 is 1.39 bits per heavy atom. The standard InChI is InChI=1S/C14H23N3S/c1-11-16-7-14(18-11)10-17(8-12-4-5-12)9-13-3-2-6-15-13/h7,12-13,15H,2-6,8-10H2,1H3. The molecule has 4 heteroatoms. The van der Waals surface area contributed by atoms with Crippen LogP contribution < -0.4 is 5.32 Å². The molecule has 1 unspecified atom stereocenters. The van der Waals surface area contributed by atoms with Gasteiger partial charge in [-0.2, -0.15) is 0 Å². The van der Waals surface area contributed by atoms with Crippen LogP contribution in [0.3, 0.4) is 0 Å². The van der Waals surface area contributed by atoms with Gasteiger partial charge in [-0.1, -0.05) is 0 Å². The van der Waals surface area contributed by atoms with Crippen LogP contribution in [0.4, 0.5) is 0 Å². The largest absolute Gasteiger partial charge is 0.313 e. The highest BCUT2D eigenvalue weighted by atomic mass is 32.1. The van der Waals surface area contributed by atoms with E-state index >= 15 is 0 Å². The van der Waals surface area contributed by atoms with E-state index in [0.717, 1.165) is 18.5 Å². The fraction of sp³-hybridized carbons (Fsp3) is 0.786. The van der Waals surface area contributed by atoms with Crippen LogP contribution in [0.15, 0.2) is 6.20 Å². The zero-order valence-corrected chi connectivity index (χ0v) is 12.0. The molecule has 0 radical (unpaired) electrons. The molecule has 1 N–H and O–H groups in total. The molecule has 1 aliphatic carbocycles. The van der Waals surface area contributed by atoms with Crippen LogP contribution in [-0.4, -0.2) is 35.6 Å². The highest BCUT2D eigenvalue weighted by molar-refractivity contribution is 7.11. The first-order valence-electron chi connectivity index (χ1n) is 7.16. The Hall–Kier alpha value is -0.450. The number of aromatic nitrogens is 1. The third-order valence-corrected chi connectivity index (χ3v) is 4.80. The summed E-state index contributed by atoms with van der Waals surface area (Å²) in [6.07, 6.45) is 7.64. The zero-order valence-electron chi connectivity index (χ0n) is 11.2. The monoisotopic (exact) mass is 265 g/mol. The highest BCUT2D eigenvalue weighted by Crippen LogP contribution is 2.30. The molecule has 0 amide bonds. The molecule has 2 fully saturated rings. The first kappa shape index (κ1) is 12.6. The number of thiazole rings is 1. The van der Waals surface area contributed by atoms with Crippen molar-refractivity contribution in [1.29, 1.82) is 0 Å². The SMILES string of the molecule is Cc1ncc(CN(CC2CC2)CC2CCCN2)s1. The van der Waals surface area contributed by atoms with Gasteiger partial charge in [0.05, 0.1) is 5.01 Å². The molecule has 3 nitrogen and oxygen atoms in total. The van der Waals surface area contributed by atoms with Crippen molar-refractivity contribution in [3.05, 3.63) is 16.1 Å². The van der Waals surface area contributed by atoms with Gasteiger partial charge in [-0.05, 0) is 45.1 Å². The van der Waals surface area contributed by atoms with Crippen LogP contribution in [-0.2, 0) is 6.54 Å². The van der Waals surface area contributed by atoms with E-state index in [1.807, 2.05) is 11.3 Å². The van der Waals surface area contributed by atoms with Crippen LogP contribution in [0.5, 0.6) is 0 Å². The minimum atomic E-state index is 0.720. The van der Waals surface area contributed by atoms with Gasteiger partial charge in [0, 0.05) is 36.8 Å². The first-order chi connectivity index (χ1) is 8.79. The fourth-order valence-electron chi connectivity index (χ4n) is 2.79. The second kappa shape index (κ2) is 5.68. The van der Waals surface area contributed by atoms with E-state index in [1.54, 1.807) is 0 Å². The van der Waals surface area contributed by atoms with Crippen LogP contribution in [0.25, 0.3) is 0 Å². The summed E-state index contributed by atoms with van der Waals surface area (Å²) in [5, 5.41) is 4.81. The van der Waals surface area contributed by atoms with Crippen molar-refractivity contribution in [2.75, 3.05) is 19.6 Å². The Morgan fingerprint density at radius 2 is 2.28 bits per heavy atom. The van der Waals surface area contributed by atoms with Crippen LogP contribution in [0.1, 0.15) is 35.6 Å². The maximum absolute atomic E-state index is 4.37. The number of nitrogens with zero attached hydrogens (tertiary/aromatic N) is 2. The van der Waals surface area contributed by atoms with Crippen molar-refractivity contribution >= 4 is 11.3 Å². The second-order valence-corrected chi connectivity index (χ2v) is 7.10. The highest BCUT2D eigenvalue weighted by Gasteiger charge is 2.26. The summed E-state index contributed by atoms with van der Waals surface area (Å²) in [7, 11) is 0. The van der Waals surface area contributed by atoms with Gasteiger partial charge in [0.15, 0.2) is 0 Å². The summed E-state index contributed by atoms with van der Waals surface area (Å²) in [6.45, 7) is 6.91. The van der Waals surface area contributed by atoms with E-state index in [4.69, 9.17) is 0 Å². The molecule has 0 spiro atoms. The van der Waals surface area contributed by atoms with E-state index in [-0.39, 0.29) is 0 Å². The van der Waals surface area contributed by atoms with Crippen molar-refractivity contribution in [2.45, 2.75) is 45.2 Å². The summed E-state index contributed by atoms with van der Waals surface area (Å²) in [4.78, 5) is 8.44. The molecule has 1 aromatic rings. The molecule has 1 atom stereocenters. The van der Waals surface area contributed by atoms with E-state index in [9.17, 15) is 0 Å². The van der Waals surface area contributed by atoms with Gasteiger partial charge in [0.2, 0.25) is 0 Å². The molecule has 0 aromatic carbocycles. The molecule has 0 bridgehead atoms. The van der Waals surface area contributed by atoms with Gasteiger partial charge in [0.25, 0.3) is 0 Å². The van der Waals surface area contributed by atoms with Gasteiger partial charge in [0.1, 0.15) is 0 Å². The fourth-order valence-corrected chi connectivity index (χ4v) is 3.63. The van der Waals surface area contributed by atoms with Crippen LogP contribution in [0, 0.1) is 12.8 Å². The third kappa shape index (κ3) is 3.53. The predicted octanol–water partition coefficient (Wildman–Crippen LogP) is 2.42. The number of aryl methyl sites for hydroxylation is 1. The van der Waals surface area contributed by atoms with Crippen molar-refractivity contribution in [3.8, 4) is 0 Å². The molecule has 1 saturated heterocycles. The molecule has 1 aliphatic heterocycles. The van der Waals surface area contributed by atoms with Gasteiger partial charge >= 0.3 is 0 Å². The van der Waals surface area contributed by atoms with Crippen molar-refractivity contribution in [1.82, 2.24) is 15.2 Å². The van der Waals surface area contributed by atoms with Gasteiger partial charge in [-0.25, -0.2) is 4.98 Å². The maximum atomic E-state index is 4.37. The average molecular weight is 265 g/mol. The van der Waals surface area contributed by atoms with Gasteiger partial charge < -0.3 is 5.32 Å². The third-order valence-electron chi connectivity index (χ3n) is 3.90. The normalized spacial score (nSPS) is 24.0. The average Bonchev–Trinajstić information content (AvgIpc) is 2.84. The molecule has 1 aromatic heterocycles. The quantitative estimate of drug-likeness (QED) is 0.856. The number of hydrogen-bond donors (Lipinski definition) is 1. The molecule has 1 saturated carbocycles. The maximum Gasteiger partial charge on any atom is 0.0897 e. The molecule has 100 valence electrons. The molecule has 2 heterocycles. The lowest BCUT2D eigenvalue weighted by molar-refractivity contribution is 0.233. The van der Waals surface area contributed by atoms with E-state index < -0.39 is 0 Å². The number of rotatable bonds is 6. The molecule has 18 heavy (non-hydrogen) atoms. The van der Waals surface area contributed by atoms with E-state index in [0.29, 0.717) is 0 Å². The Bertz CT molecular complexity index is 380. The van der Waals surface area contributed by atoms with Gasteiger partial charge in [-0.3, -0.25) is 4.90 Å². The first-order valence-corrected chi connectivity index (χ1v) is 7.98. The molecular weight excluding hydrogens is 242 g/mol. The van der Waals surface area contributed by atoms with E-state index in [2.05, 4.69) is 28.3 Å². The van der Waals surface area contributed by atoms with E-state index in [1.165, 1.54) is 55.2 Å². The van der Waals surface area contributed by atoms with Crippen molar-refractivity contribution < 1.29 is 0 Å². The van der Waals surface area contributed by atoms with Crippen LogP contribution in [0.2, 0.25) is 0 Å². The lowest BCUT2D eigenvalue weighted by Gasteiger charge is -2.25. The molecule has 2 aliphatic rings. The summed E-state index contributed by atoms with van der Waals surface area (Å²) in [5.41, 5.74) is 0. The summed E-state index contributed by atoms with van der Waals surface area (Å²) >= 11 is 1.85. The van der Waals surface area contributed by atoms with Gasteiger partial charge in [-0.15, -0.1) is 11.3 Å². The molecular formula is C14H23N3S. The lowest BCUT2D eigenvalue weighted by Crippen LogP contribution is -2.38. The predicted molar refractivity (Wildman–Crippen MR) is 75.9 cm³/mol. The minimum Gasteiger partial charge on any atom is -0.313 e. The Morgan fingerprint density at radius 3 is 2.89 bits per heavy atom. The Balaban J connectivity index is 1.57. The topological polar surface area (TPSA) is 28.2 Å². The van der Waals surface area contributed by atoms with Crippen molar-refractivity contribution in [3.63, 3.8) is 0 Å².